The van der Waals surface area contributed by atoms with Crippen LogP contribution in [0.1, 0.15) is 15.9 Å². The highest BCUT2D eigenvalue weighted by Gasteiger charge is 2.13. The minimum atomic E-state index is -0.418. The van der Waals surface area contributed by atoms with Gasteiger partial charge in [-0.25, -0.2) is 9.97 Å². The molecule has 0 fully saturated rings. The number of nitrogens with zero attached hydrogens (tertiary/aromatic N) is 2. The Hall–Kier alpha value is -3.03. The average molecular weight is 403 g/mol. The van der Waals surface area contributed by atoms with E-state index in [0.717, 1.165) is 11.3 Å². The van der Waals surface area contributed by atoms with Gasteiger partial charge in [0, 0.05) is 10.7 Å². The lowest BCUT2D eigenvalue weighted by atomic mass is 10.2. The Morgan fingerprint density at radius 3 is 2.59 bits per heavy atom. The first-order valence-corrected chi connectivity index (χ1v) is 8.66. The van der Waals surface area contributed by atoms with E-state index in [1.807, 2.05) is 13.0 Å². The Morgan fingerprint density at radius 1 is 1.07 bits per heavy atom. The van der Waals surface area contributed by atoms with Crippen molar-refractivity contribution in [2.24, 2.45) is 0 Å². The molecule has 0 atom stereocenters. The molecule has 3 aromatic rings. The van der Waals surface area contributed by atoms with Gasteiger partial charge in [0.15, 0.2) is 11.6 Å². The number of nitrogen functional groups attached to an aromatic ring is 1. The van der Waals surface area contributed by atoms with E-state index in [-0.39, 0.29) is 11.5 Å². The molecule has 1 heterocycles. The summed E-state index contributed by atoms with van der Waals surface area (Å²) in [5.41, 5.74) is 13.6. The minimum Gasteiger partial charge on any atom is -0.393 e. The maximum absolute atomic E-state index is 12.2. The van der Waals surface area contributed by atoms with Gasteiger partial charge in [-0.2, -0.15) is 0 Å². The molecule has 0 unspecified atom stereocenters. The van der Waals surface area contributed by atoms with Gasteiger partial charge in [0.25, 0.3) is 5.91 Å². The molecule has 0 aliphatic carbocycles. The maximum atomic E-state index is 12.2. The van der Waals surface area contributed by atoms with Crippen LogP contribution in [0.25, 0.3) is 0 Å². The number of hydrazine groups is 1. The van der Waals surface area contributed by atoms with Gasteiger partial charge < -0.3 is 11.1 Å². The molecular formula is C18H16Cl2N6O. The molecule has 27 heavy (non-hydrogen) atoms. The lowest BCUT2D eigenvalue weighted by Crippen LogP contribution is -2.30. The molecule has 0 bridgehead atoms. The Labute approximate surface area is 165 Å². The summed E-state index contributed by atoms with van der Waals surface area (Å²) < 4.78 is 0. The third kappa shape index (κ3) is 4.39. The molecule has 0 saturated heterocycles. The van der Waals surface area contributed by atoms with Crippen molar-refractivity contribution in [1.29, 1.82) is 0 Å². The summed E-state index contributed by atoms with van der Waals surface area (Å²) >= 11 is 12.1. The fourth-order valence-electron chi connectivity index (χ4n) is 2.28. The second-order valence-corrected chi connectivity index (χ2v) is 6.47. The van der Waals surface area contributed by atoms with Gasteiger partial charge in [-0.15, -0.1) is 0 Å². The number of carbonyl (C=O) groups is 1. The van der Waals surface area contributed by atoms with Crippen molar-refractivity contribution in [3.05, 3.63) is 70.0 Å². The van der Waals surface area contributed by atoms with Crippen LogP contribution in [0.5, 0.6) is 0 Å². The highest BCUT2D eigenvalue weighted by molar-refractivity contribution is 6.33. The molecule has 0 aliphatic heterocycles. The smallest absolute Gasteiger partial charge is 0.271 e. The van der Waals surface area contributed by atoms with Crippen molar-refractivity contribution >= 4 is 52.1 Å². The van der Waals surface area contributed by atoms with Gasteiger partial charge in [0.1, 0.15) is 12.0 Å². The van der Waals surface area contributed by atoms with Crippen LogP contribution in [0, 0.1) is 6.92 Å². The van der Waals surface area contributed by atoms with Gasteiger partial charge in [-0.1, -0.05) is 41.4 Å². The zero-order valence-electron chi connectivity index (χ0n) is 14.3. The van der Waals surface area contributed by atoms with Crippen molar-refractivity contribution < 1.29 is 4.79 Å². The largest absolute Gasteiger partial charge is 0.393 e. The summed E-state index contributed by atoms with van der Waals surface area (Å²) in [6.45, 7) is 1.93. The van der Waals surface area contributed by atoms with E-state index >= 15 is 0 Å². The zero-order valence-corrected chi connectivity index (χ0v) is 15.8. The summed E-state index contributed by atoms with van der Waals surface area (Å²) in [7, 11) is 0. The molecule has 0 spiro atoms. The van der Waals surface area contributed by atoms with Crippen molar-refractivity contribution in [2.45, 2.75) is 6.92 Å². The van der Waals surface area contributed by atoms with Crippen LogP contribution in [0.4, 0.5) is 23.0 Å². The summed E-state index contributed by atoms with van der Waals surface area (Å²) in [6.07, 6.45) is 1.32. The average Bonchev–Trinajstić information content (AvgIpc) is 2.65. The van der Waals surface area contributed by atoms with Crippen molar-refractivity contribution in [1.82, 2.24) is 15.4 Å². The fraction of sp³-hybridized carbons (Fsp3) is 0.0556. The molecular weight excluding hydrogens is 387 g/mol. The first kappa shape index (κ1) is 18.8. The van der Waals surface area contributed by atoms with Gasteiger partial charge in [-0.3, -0.25) is 15.6 Å². The molecule has 1 amide bonds. The van der Waals surface area contributed by atoms with E-state index in [4.69, 9.17) is 28.9 Å². The molecule has 2 aromatic carbocycles. The van der Waals surface area contributed by atoms with Crippen LogP contribution >= 0.6 is 23.2 Å². The summed E-state index contributed by atoms with van der Waals surface area (Å²) in [4.78, 5) is 20.4. The first-order chi connectivity index (χ1) is 13.0. The van der Waals surface area contributed by atoms with Crippen molar-refractivity contribution in [3.8, 4) is 0 Å². The number of hydrogen-bond donors (Lipinski definition) is 4. The first-order valence-electron chi connectivity index (χ1n) is 7.90. The number of benzene rings is 2. The van der Waals surface area contributed by atoms with Gasteiger partial charge in [0.2, 0.25) is 0 Å². The Kier molecular flexibility index (Phi) is 5.63. The van der Waals surface area contributed by atoms with Gasteiger partial charge >= 0.3 is 0 Å². The second-order valence-electron chi connectivity index (χ2n) is 5.63. The Morgan fingerprint density at radius 2 is 1.81 bits per heavy atom. The summed E-state index contributed by atoms with van der Waals surface area (Å²) in [6, 6.07) is 12.1. The topological polar surface area (TPSA) is 105 Å². The third-order valence-electron chi connectivity index (χ3n) is 3.75. The van der Waals surface area contributed by atoms with Gasteiger partial charge in [-0.05, 0) is 36.8 Å². The van der Waals surface area contributed by atoms with Crippen LogP contribution in [0.2, 0.25) is 10.0 Å². The predicted molar refractivity (Wildman–Crippen MR) is 108 cm³/mol. The molecule has 0 saturated carbocycles. The van der Waals surface area contributed by atoms with E-state index in [1.54, 1.807) is 36.4 Å². The van der Waals surface area contributed by atoms with Crippen LogP contribution in [-0.4, -0.2) is 15.9 Å². The van der Waals surface area contributed by atoms with Crippen LogP contribution in [0.3, 0.4) is 0 Å². The zero-order chi connectivity index (χ0) is 19.4. The number of rotatable bonds is 5. The SMILES string of the molecule is Cc1ccc(Cl)cc1Nc1ncnc(NNC(=O)c2ccccc2Cl)c1N. The van der Waals surface area contributed by atoms with Crippen LogP contribution in [0.15, 0.2) is 48.8 Å². The normalized spacial score (nSPS) is 10.3. The number of amides is 1. The third-order valence-corrected chi connectivity index (χ3v) is 4.31. The predicted octanol–water partition coefficient (Wildman–Crippen LogP) is 4.17. The Balaban J connectivity index is 1.76. The molecule has 1 aromatic heterocycles. The number of carbonyl (C=O) groups excluding carboxylic acids is 1. The number of anilines is 4. The highest BCUT2D eigenvalue weighted by atomic mass is 35.5. The molecule has 7 nitrogen and oxygen atoms in total. The molecule has 0 aliphatic rings. The molecule has 5 N–H and O–H groups in total. The molecule has 138 valence electrons. The summed E-state index contributed by atoms with van der Waals surface area (Å²) in [5.74, 6) is 0.205. The fourth-order valence-corrected chi connectivity index (χ4v) is 2.67. The highest BCUT2D eigenvalue weighted by Crippen LogP contribution is 2.28. The Bertz CT molecular complexity index is 995. The number of aryl methyl sites for hydroxylation is 1. The minimum absolute atomic E-state index is 0.233. The van der Waals surface area contributed by atoms with E-state index in [0.29, 0.717) is 21.4 Å². The molecule has 0 radical (unpaired) electrons. The van der Waals surface area contributed by atoms with E-state index < -0.39 is 5.91 Å². The number of hydrogen-bond acceptors (Lipinski definition) is 6. The number of nitrogens with two attached hydrogens (primary N) is 1. The molecule has 3 rings (SSSR count). The van der Waals surface area contributed by atoms with Crippen LogP contribution < -0.4 is 21.9 Å². The second kappa shape index (κ2) is 8.11. The lowest BCUT2D eigenvalue weighted by Gasteiger charge is -2.14. The van der Waals surface area contributed by atoms with Crippen LogP contribution in [-0.2, 0) is 0 Å². The lowest BCUT2D eigenvalue weighted by molar-refractivity contribution is 0.0962. The standard InChI is InChI=1S/C18H16Cl2N6O/c1-10-6-7-11(19)8-14(10)24-16-15(21)17(23-9-22-16)25-26-18(27)12-4-2-3-5-13(12)20/h2-9H,21H2,1H3,(H,26,27)(H2,22,23,24,25). The monoisotopic (exact) mass is 402 g/mol. The van der Waals surface area contributed by atoms with E-state index in [9.17, 15) is 4.79 Å². The maximum Gasteiger partial charge on any atom is 0.271 e. The van der Waals surface area contributed by atoms with E-state index in [2.05, 4.69) is 26.1 Å². The van der Waals surface area contributed by atoms with E-state index in [1.165, 1.54) is 6.33 Å². The van der Waals surface area contributed by atoms with Gasteiger partial charge in [0.05, 0.1) is 10.6 Å². The summed E-state index contributed by atoms with van der Waals surface area (Å²) in [5, 5.41) is 4.04. The van der Waals surface area contributed by atoms with Crippen molar-refractivity contribution in [3.63, 3.8) is 0 Å². The number of aromatic nitrogens is 2. The van der Waals surface area contributed by atoms with Crippen molar-refractivity contribution in [2.75, 3.05) is 16.5 Å². The quantitative estimate of drug-likeness (QED) is 0.477. The number of nitrogens with one attached hydrogen (secondary N) is 3. The number of halogens is 2. The molecule has 9 heteroatoms.